The molecule has 2 unspecified atom stereocenters. The van der Waals surface area contributed by atoms with Gasteiger partial charge in [-0.25, -0.2) is 0 Å². The Bertz CT molecular complexity index is 2450. The summed E-state index contributed by atoms with van der Waals surface area (Å²) in [6.45, 7) is 7.88. The van der Waals surface area contributed by atoms with Gasteiger partial charge in [0, 0.05) is 0 Å². The molecule has 0 saturated heterocycles. The molecular formula is C50H46BCl2N2O2Zr. The van der Waals surface area contributed by atoms with Crippen LogP contribution in [0, 0.1) is 13.8 Å². The van der Waals surface area contributed by atoms with Crippen LogP contribution in [0.15, 0.2) is 146 Å². The first-order valence-corrected chi connectivity index (χ1v) is 30.7. The molecule has 2 atom stereocenters. The summed E-state index contributed by atoms with van der Waals surface area (Å²) in [6.07, 6.45) is 4.91. The van der Waals surface area contributed by atoms with Crippen molar-refractivity contribution in [2.75, 3.05) is 0 Å². The van der Waals surface area contributed by atoms with E-state index < -0.39 is 27.9 Å². The number of carbonyl (C=O) groups is 2. The number of amides is 2. The summed E-state index contributed by atoms with van der Waals surface area (Å²) in [5, 5.41) is 6.57. The van der Waals surface area contributed by atoms with Crippen LogP contribution in [0.4, 0.5) is 0 Å². The first-order chi connectivity index (χ1) is 28.0. The fourth-order valence-corrected chi connectivity index (χ4v) is 29.1. The maximum absolute atomic E-state index is 13.9. The monoisotopic (exact) mass is 877 g/mol. The molecule has 0 aromatic heterocycles. The Balaban J connectivity index is 1.51. The second-order valence-corrected chi connectivity index (χ2v) is 37.0. The quantitative estimate of drug-likeness (QED) is 0.127. The SMILES string of the molecule is CCC(=O)N[B](NC(=O)CC)[Zr]([Cl])([Cl])([CH]1C(c2ccccc2)=Cc2c(-c3ccccc3C)cccc21)[CH]1C(c2ccccc2)=Cc2c(-c3ccccc3C)cccc21. The van der Waals surface area contributed by atoms with E-state index in [2.05, 4.69) is 146 Å². The molecule has 0 aliphatic heterocycles. The van der Waals surface area contributed by atoms with E-state index in [1.54, 1.807) is 0 Å². The topological polar surface area (TPSA) is 58.2 Å². The Morgan fingerprint density at radius 3 is 1.26 bits per heavy atom. The van der Waals surface area contributed by atoms with E-state index in [0.29, 0.717) is 0 Å². The van der Waals surface area contributed by atoms with Crippen LogP contribution in [-0.4, -0.2) is 16.3 Å². The van der Waals surface area contributed by atoms with Crippen molar-refractivity contribution in [3.8, 4) is 22.3 Å². The first-order valence-electron chi connectivity index (χ1n) is 20.1. The molecule has 0 radical (unpaired) electrons. The van der Waals surface area contributed by atoms with Gasteiger partial charge in [0.2, 0.25) is 0 Å². The van der Waals surface area contributed by atoms with Crippen LogP contribution >= 0.6 is 17.0 Å². The van der Waals surface area contributed by atoms with Crippen molar-refractivity contribution in [2.45, 2.75) is 47.8 Å². The van der Waals surface area contributed by atoms with Crippen LogP contribution in [0.2, 0.25) is 0 Å². The molecule has 0 fully saturated rings. The second-order valence-electron chi connectivity index (χ2n) is 15.5. The molecule has 0 bridgehead atoms. The predicted octanol–water partition coefficient (Wildman–Crippen LogP) is 12.6. The molecule has 0 heterocycles. The molecule has 2 aliphatic rings. The number of nitrogens with one attached hydrogen (secondary N) is 2. The molecule has 6 aromatic carbocycles. The second kappa shape index (κ2) is 16.1. The van der Waals surface area contributed by atoms with Gasteiger partial charge in [0.15, 0.2) is 0 Å². The summed E-state index contributed by atoms with van der Waals surface area (Å²) in [5.74, 6) is -0.477. The fraction of sp³-hybridized carbons (Fsp3) is 0.160. The van der Waals surface area contributed by atoms with Gasteiger partial charge in [-0.3, -0.25) is 0 Å². The Morgan fingerprint density at radius 2 is 0.879 bits per heavy atom. The van der Waals surface area contributed by atoms with Crippen LogP contribution in [-0.2, 0) is 25.8 Å². The van der Waals surface area contributed by atoms with Gasteiger partial charge in [0.1, 0.15) is 0 Å². The van der Waals surface area contributed by atoms with E-state index in [0.717, 1.165) is 77.9 Å². The third-order valence-electron chi connectivity index (χ3n) is 12.1. The Morgan fingerprint density at radius 1 is 0.517 bits per heavy atom. The summed E-state index contributed by atoms with van der Waals surface area (Å²) in [5.41, 5.74) is 14.7. The van der Waals surface area contributed by atoms with Gasteiger partial charge < -0.3 is 0 Å². The third kappa shape index (κ3) is 6.88. The van der Waals surface area contributed by atoms with Gasteiger partial charge in [-0.05, 0) is 0 Å². The summed E-state index contributed by atoms with van der Waals surface area (Å²) in [6, 6.07) is 50.3. The zero-order chi connectivity index (χ0) is 40.6. The molecule has 2 aliphatic carbocycles. The number of carbonyl (C=O) groups excluding carboxylic acids is 2. The Kier molecular flexibility index (Phi) is 11.1. The number of aryl methyl sites for hydroxylation is 2. The zero-order valence-corrected chi connectivity index (χ0v) is 37.2. The predicted molar refractivity (Wildman–Crippen MR) is 242 cm³/mol. The van der Waals surface area contributed by atoms with Gasteiger partial charge in [0.25, 0.3) is 0 Å². The molecule has 2 amide bonds. The Labute approximate surface area is 350 Å². The van der Waals surface area contributed by atoms with Crippen molar-refractivity contribution in [3.05, 3.63) is 190 Å². The van der Waals surface area contributed by atoms with Crippen LogP contribution in [0.5, 0.6) is 0 Å². The van der Waals surface area contributed by atoms with Crippen molar-refractivity contribution >= 4 is 56.7 Å². The average molecular weight is 880 g/mol. The molecule has 8 rings (SSSR count). The van der Waals surface area contributed by atoms with Crippen LogP contribution in [0.1, 0.15) is 78.4 Å². The summed E-state index contributed by atoms with van der Waals surface area (Å²) in [7, 11) is 18.1. The number of benzene rings is 6. The van der Waals surface area contributed by atoms with E-state index in [1.807, 2.05) is 50.2 Å². The number of rotatable bonds is 11. The molecule has 8 heteroatoms. The van der Waals surface area contributed by atoms with Crippen molar-refractivity contribution in [1.29, 1.82) is 0 Å². The first kappa shape index (κ1) is 40.1. The minimum absolute atomic E-state index is 0.192. The van der Waals surface area contributed by atoms with Crippen molar-refractivity contribution < 1.29 is 25.8 Å². The van der Waals surface area contributed by atoms with Gasteiger partial charge >= 0.3 is 353 Å². The molecule has 58 heavy (non-hydrogen) atoms. The van der Waals surface area contributed by atoms with Crippen molar-refractivity contribution in [1.82, 2.24) is 10.5 Å². The third-order valence-corrected chi connectivity index (χ3v) is 31.8. The van der Waals surface area contributed by atoms with Crippen LogP contribution in [0.3, 0.4) is 0 Å². The van der Waals surface area contributed by atoms with E-state index in [9.17, 15) is 9.59 Å². The number of hydrogen-bond acceptors (Lipinski definition) is 2. The van der Waals surface area contributed by atoms with Gasteiger partial charge in [-0.2, -0.15) is 0 Å². The maximum atomic E-state index is 13.9. The van der Waals surface area contributed by atoms with E-state index in [-0.39, 0.29) is 24.7 Å². The molecule has 289 valence electrons. The average Bonchev–Trinajstić information content (AvgIpc) is 3.86. The zero-order valence-electron chi connectivity index (χ0n) is 33.2. The normalized spacial score (nSPS) is 16.3. The minimum atomic E-state index is -6.29. The van der Waals surface area contributed by atoms with Crippen molar-refractivity contribution in [3.63, 3.8) is 0 Å². The molecule has 6 aromatic rings. The number of hydrogen-bond donors (Lipinski definition) is 2. The molecule has 0 spiro atoms. The fourth-order valence-electron chi connectivity index (χ4n) is 9.31. The van der Waals surface area contributed by atoms with Gasteiger partial charge in [-0.15, -0.1) is 0 Å². The molecule has 2 N–H and O–H groups in total. The van der Waals surface area contributed by atoms with Crippen molar-refractivity contribution in [2.24, 2.45) is 0 Å². The van der Waals surface area contributed by atoms with Gasteiger partial charge in [0.05, 0.1) is 0 Å². The van der Waals surface area contributed by atoms with E-state index in [1.165, 1.54) is 0 Å². The molecule has 0 saturated carbocycles. The van der Waals surface area contributed by atoms with E-state index in [4.69, 9.17) is 17.0 Å². The molecule has 4 nitrogen and oxygen atoms in total. The summed E-state index contributed by atoms with van der Waals surface area (Å²) >= 11 is -6.29. The van der Waals surface area contributed by atoms with Gasteiger partial charge in [-0.1, -0.05) is 0 Å². The van der Waals surface area contributed by atoms with Crippen LogP contribution in [0.25, 0.3) is 45.6 Å². The Hall–Kier alpha value is -4.73. The standard InChI is InChI=1S/2C22H17.C6H11BN2O2.2ClH.Zr/c2*1-16-8-5-6-12-20(16)21-13-7-11-18-14-19(15-22(18)21)17-9-3-2-4-10-17;1-3-5(10)8-7-9-6(11)4-2;;;/h2*2-15H,1H3;3-4H2,1-2H3,(H-,8,9,10,11);2*1H;/q;;;;;+1/p-1. The number of fused-ring (bicyclic) bond motifs is 2. The number of halogens is 2. The van der Waals surface area contributed by atoms with E-state index >= 15 is 0 Å². The molecular weight excluding hydrogens is 834 g/mol. The number of allylic oxidation sites excluding steroid dienone is 2. The summed E-state index contributed by atoms with van der Waals surface area (Å²) < 4.78 is -2.20. The van der Waals surface area contributed by atoms with Crippen LogP contribution < -0.4 is 10.5 Å². The summed E-state index contributed by atoms with van der Waals surface area (Å²) in [4.78, 5) is 27.8.